The van der Waals surface area contributed by atoms with Crippen LogP contribution in [-0.2, 0) is 16.1 Å². The number of amides is 1. The van der Waals surface area contributed by atoms with Crippen LogP contribution in [0, 0.1) is 5.92 Å². The van der Waals surface area contributed by atoms with E-state index in [9.17, 15) is 4.79 Å². The lowest BCUT2D eigenvalue weighted by Gasteiger charge is -2.33. The Balaban J connectivity index is 1.41. The summed E-state index contributed by atoms with van der Waals surface area (Å²) >= 11 is 0. The lowest BCUT2D eigenvalue weighted by Crippen LogP contribution is -2.50. The van der Waals surface area contributed by atoms with Gasteiger partial charge < -0.3 is 14.6 Å². The van der Waals surface area contributed by atoms with Crippen LogP contribution in [0.25, 0.3) is 11.4 Å². The minimum absolute atomic E-state index is 0.0650. The van der Waals surface area contributed by atoms with E-state index >= 15 is 0 Å². The fourth-order valence-electron chi connectivity index (χ4n) is 3.58. The van der Waals surface area contributed by atoms with E-state index in [0.29, 0.717) is 24.9 Å². The van der Waals surface area contributed by atoms with E-state index in [1.807, 2.05) is 44.2 Å². The Hall–Kier alpha value is -3.10. The molecule has 0 bridgehead atoms. The Bertz CT molecular complexity index is 977. The van der Waals surface area contributed by atoms with Crippen LogP contribution in [-0.4, -0.2) is 51.7 Å². The number of pyridine rings is 1. The molecule has 0 saturated carbocycles. The normalized spacial score (nSPS) is 18.1. The number of rotatable bonds is 7. The molecule has 0 spiro atoms. The number of carbonyl (C=O) groups excluding carboxylic acids is 1. The lowest BCUT2D eigenvalue weighted by atomic mass is 10.0. The van der Waals surface area contributed by atoms with Crippen molar-refractivity contribution in [2.24, 2.45) is 5.92 Å². The molecule has 1 aliphatic heterocycles. The highest BCUT2D eigenvalue weighted by molar-refractivity contribution is 5.81. The molecular weight excluding hydrogens is 394 g/mol. The first-order valence-corrected chi connectivity index (χ1v) is 10.5. The number of carbonyl (C=O) groups is 1. The molecule has 0 aliphatic carbocycles. The fourth-order valence-corrected chi connectivity index (χ4v) is 3.58. The number of ether oxygens (including phenoxy) is 1. The molecule has 1 aromatic carbocycles. The minimum Gasteiger partial charge on any atom is -0.366 e. The van der Waals surface area contributed by atoms with Crippen molar-refractivity contribution in [2.45, 2.75) is 32.5 Å². The van der Waals surface area contributed by atoms with Crippen molar-refractivity contribution in [1.29, 1.82) is 0 Å². The molecule has 2 unspecified atom stereocenters. The topological polar surface area (TPSA) is 93.4 Å². The van der Waals surface area contributed by atoms with Crippen LogP contribution in [0.3, 0.4) is 0 Å². The zero-order chi connectivity index (χ0) is 21.6. The van der Waals surface area contributed by atoms with E-state index in [0.717, 1.165) is 18.7 Å². The first-order valence-electron chi connectivity index (χ1n) is 10.5. The number of nitrogens with one attached hydrogen (secondary N) is 1. The van der Waals surface area contributed by atoms with Crippen LogP contribution in [0.1, 0.15) is 31.3 Å². The van der Waals surface area contributed by atoms with Gasteiger partial charge >= 0.3 is 0 Å². The number of hydrogen-bond acceptors (Lipinski definition) is 7. The molecule has 1 aliphatic rings. The third-order valence-electron chi connectivity index (χ3n) is 5.28. The number of hydrogen-bond donors (Lipinski definition) is 1. The molecule has 3 aromatic rings. The molecule has 8 heteroatoms. The molecule has 1 N–H and O–H groups in total. The van der Waals surface area contributed by atoms with Crippen molar-refractivity contribution < 1.29 is 14.1 Å². The van der Waals surface area contributed by atoms with E-state index in [-0.39, 0.29) is 11.8 Å². The van der Waals surface area contributed by atoms with E-state index < -0.39 is 12.1 Å². The van der Waals surface area contributed by atoms with Gasteiger partial charge in [0.2, 0.25) is 11.7 Å². The van der Waals surface area contributed by atoms with Crippen molar-refractivity contribution in [3.63, 3.8) is 0 Å². The van der Waals surface area contributed by atoms with Crippen LogP contribution in [0.4, 0.5) is 0 Å². The predicted molar refractivity (Wildman–Crippen MR) is 115 cm³/mol. The van der Waals surface area contributed by atoms with Gasteiger partial charge in [-0.3, -0.25) is 14.7 Å². The Kier molecular flexibility index (Phi) is 6.69. The minimum atomic E-state index is -0.542. The third-order valence-corrected chi connectivity index (χ3v) is 5.28. The average molecular weight is 422 g/mol. The number of morpholine rings is 1. The Morgan fingerprint density at radius 1 is 1.23 bits per heavy atom. The molecule has 8 nitrogen and oxygen atoms in total. The van der Waals surface area contributed by atoms with Crippen LogP contribution in [0.5, 0.6) is 0 Å². The molecule has 2 aromatic heterocycles. The van der Waals surface area contributed by atoms with Gasteiger partial charge in [-0.2, -0.15) is 4.98 Å². The second-order valence-corrected chi connectivity index (χ2v) is 8.01. The summed E-state index contributed by atoms with van der Waals surface area (Å²) in [6.45, 7) is 6.65. The number of benzene rings is 1. The largest absolute Gasteiger partial charge is 0.366 e. The highest BCUT2D eigenvalue weighted by atomic mass is 16.5. The Labute approximate surface area is 181 Å². The first kappa shape index (κ1) is 21.1. The maximum absolute atomic E-state index is 13.0. The summed E-state index contributed by atoms with van der Waals surface area (Å²) in [5, 5.41) is 7.10. The smallest absolute Gasteiger partial charge is 0.251 e. The summed E-state index contributed by atoms with van der Waals surface area (Å²) < 4.78 is 11.2. The Morgan fingerprint density at radius 2 is 2.06 bits per heavy atom. The van der Waals surface area contributed by atoms with Gasteiger partial charge in [0.15, 0.2) is 0 Å². The second kappa shape index (κ2) is 9.80. The summed E-state index contributed by atoms with van der Waals surface area (Å²) in [7, 11) is 0. The van der Waals surface area contributed by atoms with Crippen LogP contribution >= 0.6 is 0 Å². The van der Waals surface area contributed by atoms with Gasteiger partial charge in [0.25, 0.3) is 5.91 Å². The lowest BCUT2D eigenvalue weighted by molar-refractivity contribution is -0.140. The molecule has 1 saturated heterocycles. The molecule has 162 valence electrons. The summed E-state index contributed by atoms with van der Waals surface area (Å²) in [5.41, 5.74) is 1.98. The van der Waals surface area contributed by atoms with Crippen molar-refractivity contribution in [3.8, 4) is 11.4 Å². The van der Waals surface area contributed by atoms with E-state index in [2.05, 4.69) is 37.5 Å². The van der Waals surface area contributed by atoms with E-state index in [1.165, 1.54) is 5.56 Å². The van der Waals surface area contributed by atoms with Gasteiger partial charge in [0.05, 0.1) is 6.61 Å². The monoisotopic (exact) mass is 421 g/mol. The Morgan fingerprint density at radius 3 is 2.81 bits per heavy atom. The summed E-state index contributed by atoms with van der Waals surface area (Å²) in [4.78, 5) is 23.8. The van der Waals surface area contributed by atoms with Crippen molar-refractivity contribution in [2.75, 3.05) is 19.7 Å². The van der Waals surface area contributed by atoms with Gasteiger partial charge in [-0.1, -0.05) is 49.3 Å². The molecule has 4 rings (SSSR count). The highest BCUT2D eigenvalue weighted by Gasteiger charge is 2.31. The van der Waals surface area contributed by atoms with Gasteiger partial charge in [-0.25, -0.2) is 0 Å². The standard InChI is InChI=1S/C23H27N5O3/c1-16(2)20(23-26-21(27-31-23)18-9-6-10-24-13-18)25-22(29)19-15-28(11-12-30-19)14-17-7-4-3-5-8-17/h3-10,13,16,19-20H,11-12,14-15H2,1-2H3,(H,25,29). The summed E-state index contributed by atoms with van der Waals surface area (Å²) in [5.74, 6) is 0.720. The zero-order valence-corrected chi connectivity index (χ0v) is 17.8. The number of nitrogens with zero attached hydrogens (tertiary/aromatic N) is 4. The van der Waals surface area contributed by atoms with Gasteiger partial charge in [0, 0.05) is 37.6 Å². The SMILES string of the molecule is CC(C)C(NC(=O)C1CN(Cc2ccccc2)CCO1)c1nc(-c2cccnc2)no1. The van der Waals surface area contributed by atoms with Crippen LogP contribution in [0.2, 0.25) is 0 Å². The maximum Gasteiger partial charge on any atom is 0.251 e. The highest BCUT2D eigenvalue weighted by Crippen LogP contribution is 2.24. The van der Waals surface area contributed by atoms with E-state index in [1.54, 1.807) is 12.4 Å². The van der Waals surface area contributed by atoms with Crippen molar-refractivity contribution >= 4 is 5.91 Å². The molecular formula is C23H27N5O3. The molecule has 2 atom stereocenters. The summed E-state index contributed by atoms with van der Waals surface area (Å²) in [6.07, 6.45) is 2.82. The van der Waals surface area contributed by atoms with Gasteiger partial charge in [0.1, 0.15) is 12.1 Å². The molecule has 1 fully saturated rings. The summed E-state index contributed by atoms with van der Waals surface area (Å²) in [6, 6.07) is 13.5. The van der Waals surface area contributed by atoms with Gasteiger partial charge in [-0.05, 0) is 23.6 Å². The van der Waals surface area contributed by atoms with Crippen molar-refractivity contribution in [3.05, 3.63) is 66.3 Å². The third kappa shape index (κ3) is 5.34. The molecule has 31 heavy (non-hydrogen) atoms. The zero-order valence-electron chi connectivity index (χ0n) is 17.8. The molecule has 3 heterocycles. The van der Waals surface area contributed by atoms with Crippen molar-refractivity contribution in [1.82, 2.24) is 25.3 Å². The second-order valence-electron chi connectivity index (χ2n) is 8.01. The first-order chi connectivity index (χ1) is 15.1. The van der Waals surface area contributed by atoms with Gasteiger partial charge in [-0.15, -0.1) is 0 Å². The predicted octanol–water partition coefficient (Wildman–Crippen LogP) is 2.85. The van der Waals surface area contributed by atoms with Crippen LogP contribution < -0.4 is 5.32 Å². The molecule has 1 amide bonds. The van der Waals surface area contributed by atoms with E-state index in [4.69, 9.17) is 9.26 Å². The number of aromatic nitrogens is 3. The molecule has 0 radical (unpaired) electrons. The van der Waals surface area contributed by atoms with Crippen LogP contribution in [0.15, 0.2) is 59.4 Å². The fraction of sp³-hybridized carbons (Fsp3) is 0.391. The maximum atomic E-state index is 13.0. The average Bonchev–Trinajstić information content (AvgIpc) is 3.28. The quantitative estimate of drug-likeness (QED) is 0.627.